The highest BCUT2D eigenvalue weighted by atomic mass is 15.3. The third kappa shape index (κ3) is 5.20. The Kier molecular flexibility index (Phi) is 7.75. The fraction of sp³-hybridized carbons (Fsp3) is 0.0172. The first-order valence-electron chi connectivity index (χ1n) is 21.5. The zero-order valence-electron chi connectivity index (χ0n) is 34.1. The summed E-state index contributed by atoms with van der Waals surface area (Å²) in [6.07, 6.45) is 0. The molecule has 0 saturated carbocycles. The molecule has 3 heterocycles. The molecule has 11 aromatic rings. The Morgan fingerprint density at radius 2 is 0.841 bits per heavy atom. The van der Waals surface area contributed by atoms with Crippen LogP contribution in [0.4, 0.5) is 17.3 Å². The van der Waals surface area contributed by atoms with E-state index in [2.05, 4.69) is 198 Å². The number of fused-ring (bicyclic) bond motifs is 12. The third-order valence-corrected chi connectivity index (χ3v) is 13.1. The van der Waals surface area contributed by atoms with E-state index in [0.29, 0.717) is 17.6 Å². The van der Waals surface area contributed by atoms with Gasteiger partial charge in [-0.05, 0) is 87.0 Å². The number of para-hydroxylation sites is 3. The van der Waals surface area contributed by atoms with Crippen molar-refractivity contribution in [1.82, 2.24) is 19.5 Å². The van der Waals surface area contributed by atoms with E-state index in [1.54, 1.807) is 0 Å². The van der Waals surface area contributed by atoms with Crippen LogP contribution in [0, 0.1) is 0 Å². The van der Waals surface area contributed by atoms with Crippen LogP contribution in [0.1, 0.15) is 22.3 Å². The van der Waals surface area contributed by atoms with Gasteiger partial charge in [0.25, 0.3) is 0 Å². The van der Waals surface area contributed by atoms with Gasteiger partial charge < -0.3 is 4.57 Å². The average molecular weight is 804 g/mol. The van der Waals surface area contributed by atoms with Crippen LogP contribution in [0.25, 0.3) is 72.5 Å². The highest BCUT2D eigenvalue weighted by Gasteiger charge is 2.52. The van der Waals surface area contributed by atoms with Crippen molar-refractivity contribution in [2.45, 2.75) is 5.41 Å². The van der Waals surface area contributed by atoms with Crippen molar-refractivity contribution in [2.75, 3.05) is 4.90 Å². The summed E-state index contributed by atoms with van der Waals surface area (Å²) in [4.78, 5) is 18.1. The predicted molar refractivity (Wildman–Crippen MR) is 256 cm³/mol. The molecular weight excluding hydrogens is 767 g/mol. The summed E-state index contributed by atoms with van der Waals surface area (Å²) in [7, 11) is 0. The van der Waals surface area contributed by atoms with Gasteiger partial charge in [-0.1, -0.05) is 182 Å². The van der Waals surface area contributed by atoms with E-state index < -0.39 is 5.41 Å². The lowest BCUT2D eigenvalue weighted by Crippen LogP contribution is -2.36. The number of aromatic nitrogens is 4. The van der Waals surface area contributed by atoms with E-state index in [9.17, 15) is 0 Å². The van der Waals surface area contributed by atoms with E-state index >= 15 is 0 Å². The van der Waals surface area contributed by atoms with Gasteiger partial charge in [-0.15, -0.1) is 0 Å². The molecule has 9 aromatic carbocycles. The van der Waals surface area contributed by atoms with Crippen molar-refractivity contribution in [2.24, 2.45) is 0 Å². The molecule has 0 radical (unpaired) electrons. The molecule has 294 valence electrons. The van der Waals surface area contributed by atoms with Crippen LogP contribution in [0.15, 0.2) is 224 Å². The predicted octanol–water partition coefficient (Wildman–Crippen LogP) is 14.1. The summed E-state index contributed by atoms with van der Waals surface area (Å²) in [5.41, 5.74) is 16.4. The van der Waals surface area contributed by atoms with Crippen LogP contribution in [0.2, 0.25) is 0 Å². The number of rotatable bonds is 5. The minimum atomic E-state index is -0.598. The molecule has 5 nitrogen and oxygen atoms in total. The summed E-state index contributed by atoms with van der Waals surface area (Å²) >= 11 is 0. The molecule has 2 aromatic heterocycles. The Morgan fingerprint density at radius 3 is 1.52 bits per heavy atom. The third-order valence-electron chi connectivity index (χ3n) is 13.1. The molecule has 63 heavy (non-hydrogen) atoms. The van der Waals surface area contributed by atoms with Crippen molar-refractivity contribution in [3.8, 4) is 50.7 Å². The molecule has 1 aliphatic heterocycles. The van der Waals surface area contributed by atoms with Gasteiger partial charge in [-0.2, -0.15) is 9.97 Å². The zero-order valence-corrected chi connectivity index (χ0v) is 34.1. The maximum atomic E-state index is 5.36. The Labute approximate surface area is 364 Å². The molecule has 0 N–H and O–H groups in total. The summed E-state index contributed by atoms with van der Waals surface area (Å²) in [5, 5.41) is 2.43. The molecule has 0 bridgehead atoms. The first kappa shape index (κ1) is 35.4. The SMILES string of the molecule is c1ccc(-c2nc(-c3ccccc3)nc(N3c4ccccc4C4(c5ccccc5-c5ccccc54)c4ccc(-c5ccc6c(c5)c5ccccc5n6-c5ccccc5)cc43)n2)cc1. The quantitative estimate of drug-likeness (QED) is 0.174. The number of benzene rings is 9. The molecule has 0 amide bonds. The highest BCUT2D eigenvalue weighted by Crippen LogP contribution is 2.63. The van der Waals surface area contributed by atoms with Crippen LogP contribution < -0.4 is 4.90 Å². The molecule has 0 fully saturated rings. The Morgan fingerprint density at radius 1 is 0.333 bits per heavy atom. The van der Waals surface area contributed by atoms with E-state index in [1.165, 1.54) is 55.2 Å². The molecule has 13 rings (SSSR count). The standard InChI is InChI=1S/C58H37N5/c1-4-18-38(19-5-1)55-59-56(39-20-6-2-7-21-39)61-57(60-55)63-53-31-17-15-29-49(53)58(47-27-13-10-24-43(47)44-25-11-14-28-48(44)58)50-34-32-41(37-54(50)63)40-33-35-52-46(36-40)45-26-12-16-30-51(45)62(52)42-22-8-3-9-23-42/h1-37H. The summed E-state index contributed by atoms with van der Waals surface area (Å²) < 4.78 is 2.37. The molecule has 2 aliphatic rings. The monoisotopic (exact) mass is 803 g/mol. The van der Waals surface area contributed by atoms with E-state index in [0.717, 1.165) is 39.3 Å². The molecule has 5 heteroatoms. The number of hydrogen-bond donors (Lipinski definition) is 0. The first-order valence-corrected chi connectivity index (χ1v) is 21.5. The fourth-order valence-electron chi connectivity index (χ4n) is 10.4. The Balaban J connectivity index is 1.10. The van der Waals surface area contributed by atoms with Gasteiger partial charge in [0, 0.05) is 27.6 Å². The second-order valence-corrected chi connectivity index (χ2v) is 16.4. The van der Waals surface area contributed by atoms with Crippen molar-refractivity contribution in [1.29, 1.82) is 0 Å². The van der Waals surface area contributed by atoms with Crippen LogP contribution in [0.3, 0.4) is 0 Å². The maximum absolute atomic E-state index is 5.36. The van der Waals surface area contributed by atoms with Crippen LogP contribution >= 0.6 is 0 Å². The lowest BCUT2D eigenvalue weighted by molar-refractivity contribution is 0.749. The molecule has 0 atom stereocenters. The van der Waals surface area contributed by atoms with Crippen molar-refractivity contribution >= 4 is 39.1 Å². The smallest absolute Gasteiger partial charge is 0.238 e. The van der Waals surface area contributed by atoms with Crippen molar-refractivity contribution < 1.29 is 0 Å². The lowest BCUT2D eigenvalue weighted by atomic mass is 9.64. The van der Waals surface area contributed by atoms with Gasteiger partial charge in [0.15, 0.2) is 11.6 Å². The lowest BCUT2D eigenvalue weighted by Gasteiger charge is -2.44. The second kappa shape index (κ2) is 13.8. The van der Waals surface area contributed by atoms with E-state index in [4.69, 9.17) is 15.0 Å². The van der Waals surface area contributed by atoms with Gasteiger partial charge >= 0.3 is 0 Å². The van der Waals surface area contributed by atoms with Crippen LogP contribution in [-0.2, 0) is 5.41 Å². The molecule has 0 unspecified atom stereocenters. The molecule has 1 aliphatic carbocycles. The average Bonchev–Trinajstić information content (AvgIpc) is 3.85. The largest absolute Gasteiger partial charge is 0.309 e. The minimum Gasteiger partial charge on any atom is -0.309 e. The molecule has 0 saturated heterocycles. The van der Waals surface area contributed by atoms with Crippen LogP contribution in [0.5, 0.6) is 0 Å². The van der Waals surface area contributed by atoms with Crippen molar-refractivity contribution in [3.05, 3.63) is 247 Å². The topological polar surface area (TPSA) is 46.8 Å². The van der Waals surface area contributed by atoms with E-state index in [1.807, 2.05) is 36.4 Å². The fourth-order valence-corrected chi connectivity index (χ4v) is 10.4. The summed E-state index contributed by atoms with van der Waals surface area (Å²) in [6, 6.07) is 80.4. The van der Waals surface area contributed by atoms with Gasteiger partial charge in [0.2, 0.25) is 5.95 Å². The molecule has 1 spiro atoms. The Hall–Kier alpha value is -8.41. The second-order valence-electron chi connectivity index (χ2n) is 16.4. The summed E-state index contributed by atoms with van der Waals surface area (Å²) in [6.45, 7) is 0. The van der Waals surface area contributed by atoms with Gasteiger partial charge in [-0.25, -0.2) is 4.98 Å². The van der Waals surface area contributed by atoms with Gasteiger partial charge in [0.05, 0.1) is 27.8 Å². The van der Waals surface area contributed by atoms with Gasteiger partial charge in [-0.3, -0.25) is 4.90 Å². The van der Waals surface area contributed by atoms with Crippen LogP contribution in [-0.4, -0.2) is 19.5 Å². The van der Waals surface area contributed by atoms with E-state index in [-0.39, 0.29) is 0 Å². The first-order chi connectivity index (χ1) is 31.3. The highest BCUT2D eigenvalue weighted by molar-refractivity contribution is 6.10. The Bertz CT molecular complexity index is 3470. The minimum absolute atomic E-state index is 0.560. The molecular formula is C58H37N5. The maximum Gasteiger partial charge on any atom is 0.238 e. The number of hydrogen-bond acceptors (Lipinski definition) is 4. The zero-order chi connectivity index (χ0) is 41.5. The van der Waals surface area contributed by atoms with Crippen molar-refractivity contribution in [3.63, 3.8) is 0 Å². The number of anilines is 3. The normalized spacial score (nSPS) is 13.2. The summed E-state index contributed by atoms with van der Waals surface area (Å²) in [5.74, 6) is 1.79. The number of nitrogens with zero attached hydrogens (tertiary/aromatic N) is 5. The van der Waals surface area contributed by atoms with Gasteiger partial charge in [0.1, 0.15) is 0 Å².